The quantitative estimate of drug-likeness (QED) is 0.516. The molecule has 2 saturated heterocycles. The van der Waals surface area contributed by atoms with Crippen LogP contribution >= 0.6 is 0 Å². The van der Waals surface area contributed by atoms with E-state index < -0.39 is 0 Å². The highest BCUT2D eigenvalue weighted by atomic mass is 19.1. The number of piperidine rings is 1. The molecular weight excluding hydrogens is 455 g/mol. The molecule has 0 N–H and O–H groups in total. The normalized spacial score (nSPS) is 22.3. The molecule has 0 spiro atoms. The van der Waals surface area contributed by atoms with Crippen LogP contribution in [0.5, 0.6) is 5.75 Å². The molecule has 194 valence electrons. The molecule has 5 rings (SSSR count). The summed E-state index contributed by atoms with van der Waals surface area (Å²) in [5.74, 6) is 3.32. The molecule has 0 radical (unpaired) electrons. The first-order valence-corrected chi connectivity index (χ1v) is 13.5. The van der Waals surface area contributed by atoms with Gasteiger partial charge in [-0.25, -0.2) is 14.4 Å². The number of amides is 1. The third kappa shape index (κ3) is 5.81. The second kappa shape index (κ2) is 10.3. The lowest BCUT2D eigenvalue weighted by atomic mass is 9.89. The number of benzene rings is 1. The molecule has 1 saturated carbocycles. The summed E-state index contributed by atoms with van der Waals surface area (Å²) in [6.45, 7) is 10.8. The number of rotatable bonds is 8. The van der Waals surface area contributed by atoms with Crippen LogP contribution in [-0.2, 0) is 16.6 Å². The molecule has 6 nitrogen and oxygen atoms in total. The van der Waals surface area contributed by atoms with E-state index in [9.17, 15) is 9.18 Å². The zero-order valence-corrected chi connectivity index (χ0v) is 21.9. The third-order valence-corrected chi connectivity index (χ3v) is 8.24. The van der Waals surface area contributed by atoms with E-state index in [1.807, 2.05) is 12.4 Å². The van der Waals surface area contributed by atoms with E-state index in [2.05, 4.69) is 35.6 Å². The fourth-order valence-corrected chi connectivity index (χ4v) is 5.51. The molecule has 0 unspecified atom stereocenters. The Kier molecular flexibility index (Phi) is 7.18. The lowest BCUT2D eigenvalue weighted by molar-refractivity contribution is -0.133. The van der Waals surface area contributed by atoms with Crippen molar-refractivity contribution in [3.8, 4) is 5.75 Å². The Hall–Kier alpha value is -2.70. The van der Waals surface area contributed by atoms with E-state index in [-0.39, 0.29) is 23.6 Å². The summed E-state index contributed by atoms with van der Waals surface area (Å²) < 4.78 is 20.3. The van der Waals surface area contributed by atoms with Crippen molar-refractivity contribution in [2.75, 3.05) is 37.7 Å². The van der Waals surface area contributed by atoms with Crippen LogP contribution in [0.3, 0.4) is 0 Å². The zero-order valence-electron chi connectivity index (χ0n) is 21.9. The number of carbonyl (C=O) groups excluding carboxylic acids is 1. The fourth-order valence-electron chi connectivity index (χ4n) is 5.51. The molecule has 2 aliphatic heterocycles. The minimum Gasteiger partial charge on any atom is -0.493 e. The van der Waals surface area contributed by atoms with Crippen LogP contribution in [0.1, 0.15) is 64.0 Å². The fraction of sp³-hybridized carbons (Fsp3) is 0.621. The van der Waals surface area contributed by atoms with Gasteiger partial charge >= 0.3 is 0 Å². The minimum absolute atomic E-state index is 0.00500. The number of hydrogen-bond donors (Lipinski definition) is 0. The van der Waals surface area contributed by atoms with E-state index in [1.165, 1.54) is 30.9 Å². The molecule has 1 aliphatic carbocycles. The monoisotopic (exact) mass is 494 g/mol. The Balaban J connectivity index is 1.02. The third-order valence-electron chi connectivity index (χ3n) is 8.24. The number of carbonyl (C=O) groups is 1. The second-order valence-electron chi connectivity index (χ2n) is 11.8. The summed E-state index contributed by atoms with van der Waals surface area (Å²) in [5, 5.41) is 0. The topological polar surface area (TPSA) is 58.6 Å². The molecule has 36 heavy (non-hydrogen) atoms. The van der Waals surface area contributed by atoms with Crippen molar-refractivity contribution in [3.05, 3.63) is 47.5 Å². The molecular formula is C29H39FN4O2. The van der Waals surface area contributed by atoms with Crippen LogP contribution in [0.25, 0.3) is 0 Å². The molecule has 2 atom stereocenters. The van der Waals surface area contributed by atoms with Gasteiger partial charge < -0.3 is 14.5 Å². The Morgan fingerprint density at radius 2 is 1.83 bits per heavy atom. The van der Waals surface area contributed by atoms with Crippen molar-refractivity contribution < 1.29 is 13.9 Å². The SMILES string of the molecule is CC(C)(C)c1cnc(N2CCC([C@H]3C[C@H]3CCOc3ccc(CC(=O)N4CCC4)c(F)c3)CC2)nc1. The van der Waals surface area contributed by atoms with Crippen molar-refractivity contribution in [1.82, 2.24) is 14.9 Å². The Morgan fingerprint density at radius 3 is 2.44 bits per heavy atom. The van der Waals surface area contributed by atoms with E-state index in [0.717, 1.165) is 56.8 Å². The number of aromatic nitrogens is 2. The first-order valence-electron chi connectivity index (χ1n) is 13.5. The lowest BCUT2D eigenvalue weighted by Gasteiger charge is -2.32. The zero-order chi connectivity index (χ0) is 25.3. The van der Waals surface area contributed by atoms with Gasteiger partial charge in [-0.15, -0.1) is 0 Å². The second-order valence-corrected chi connectivity index (χ2v) is 11.8. The average molecular weight is 495 g/mol. The summed E-state index contributed by atoms with van der Waals surface area (Å²) in [4.78, 5) is 25.5. The number of anilines is 1. The highest BCUT2D eigenvalue weighted by molar-refractivity contribution is 5.79. The first kappa shape index (κ1) is 25.0. The number of halogens is 1. The highest BCUT2D eigenvalue weighted by Crippen LogP contribution is 2.49. The van der Waals surface area contributed by atoms with Gasteiger partial charge in [-0.1, -0.05) is 26.8 Å². The summed E-state index contributed by atoms with van der Waals surface area (Å²) in [6.07, 6.45) is 9.78. The summed E-state index contributed by atoms with van der Waals surface area (Å²) in [6, 6.07) is 4.91. The molecule has 7 heteroatoms. The molecule has 3 fully saturated rings. The van der Waals surface area contributed by atoms with Crippen LogP contribution in [0.15, 0.2) is 30.6 Å². The summed E-state index contributed by atoms with van der Waals surface area (Å²) >= 11 is 0. The highest BCUT2D eigenvalue weighted by Gasteiger charge is 2.43. The van der Waals surface area contributed by atoms with Crippen molar-refractivity contribution in [2.45, 2.75) is 64.7 Å². The predicted octanol–water partition coefficient (Wildman–Crippen LogP) is 5.01. The van der Waals surface area contributed by atoms with Crippen molar-refractivity contribution in [1.29, 1.82) is 0 Å². The maximum atomic E-state index is 14.5. The van der Waals surface area contributed by atoms with Gasteiger partial charge in [0.25, 0.3) is 0 Å². The predicted molar refractivity (Wildman–Crippen MR) is 139 cm³/mol. The molecule has 3 heterocycles. The smallest absolute Gasteiger partial charge is 0.227 e. The van der Waals surface area contributed by atoms with Gasteiger partial charge in [0, 0.05) is 44.6 Å². The van der Waals surface area contributed by atoms with Gasteiger partial charge in [0.05, 0.1) is 13.0 Å². The maximum Gasteiger partial charge on any atom is 0.227 e. The van der Waals surface area contributed by atoms with Crippen molar-refractivity contribution >= 4 is 11.9 Å². The van der Waals surface area contributed by atoms with Crippen molar-refractivity contribution in [2.24, 2.45) is 17.8 Å². The van der Waals surface area contributed by atoms with E-state index in [4.69, 9.17) is 4.74 Å². The van der Waals surface area contributed by atoms with Gasteiger partial charge in [0.2, 0.25) is 11.9 Å². The number of ether oxygens (including phenoxy) is 1. The molecule has 1 aromatic heterocycles. The molecule has 1 aromatic carbocycles. The number of likely N-dealkylation sites (tertiary alicyclic amines) is 1. The van der Waals surface area contributed by atoms with Gasteiger partial charge in [-0.05, 0) is 72.5 Å². The standard InChI is InChI=1S/C29H39FN4O2/c1-29(2,3)23-18-31-28(32-19-23)34-12-7-20(8-13-34)25-15-21(25)9-14-36-24-6-5-22(26(30)17-24)16-27(35)33-10-4-11-33/h5-6,17-21,25H,4,7-16H2,1-3H3/t21-,25-/m1/s1. The first-order chi connectivity index (χ1) is 17.3. The molecule has 3 aliphatic rings. The molecule has 0 bridgehead atoms. The van der Waals surface area contributed by atoms with Gasteiger partial charge in [0.1, 0.15) is 11.6 Å². The minimum atomic E-state index is -0.352. The van der Waals surface area contributed by atoms with Crippen LogP contribution in [0, 0.1) is 23.6 Å². The largest absolute Gasteiger partial charge is 0.493 e. The van der Waals surface area contributed by atoms with Crippen LogP contribution in [0.4, 0.5) is 10.3 Å². The Labute approximate surface area is 214 Å². The van der Waals surface area contributed by atoms with E-state index >= 15 is 0 Å². The van der Waals surface area contributed by atoms with Gasteiger partial charge in [0.15, 0.2) is 0 Å². The summed E-state index contributed by atoms with van der Waals surface area (Å²) in [7, 11) is 0. The van der Waals surface area contributed by atoms with Gasteiger partial charge in [-0.3, -0.25) is 4.79 Å². The van der Waals surface area contributed by atoms with E-state index in [1.54, 1.807) is 17.0 Å². The molecule has 1 amide bonds. The van der Waals surface area contributed by atoms with E-state index in [0.29, 0.717) is 23.8 Å². The maximum absolute atomic E-state index is 14.5. The van der Waals surface area contributed by atoms with Crippen LogP contribution in [0.2, 0.25) is 0 Å². The molecule has 2 aromatic rings. The Bertz CT molecular complexity index is 1060. The van der Waals surface area contributed by atoms with Crippen molar-refractivity contribution in [3.63, 3.8) is 0 Å². The average Bonchev–Trinajstić information content (AvgIpc) is 3.59. The Morgan fingerprint density at radius 1 is 1.11 bits per heavy atom. The van der Waals surface area contributed by atoms with Gasteiger partial charge in [-0.2, -0.15) is 0 Å². The number of hydrogen-bond acceptors (Lipinski definition) is 5. The van der Waals surface area contributed by atoms with Crippen LogP contribution in [-0.4, -0.2) is 53.6 Å². The lowest BCUT2D eigenvalue weighted by Crippen LogP contribution is -2.42. The summed E-state index contributed by atoms with van der Waals surface area (Å²) in [5.41, 5.74) is 1.69. The van der Waals surface area contributed by atoms with Crippen LogP contribution < -0.4 is 9.64 Å². The number of nitrogens with zero attached hydrogens (tertiary/aromatic N) is 4.